The largest absolute Gasteiger partial charge is 0.326 e. The van der Waals surface area contributed by atoms with Gasteiger partial charge in [-0.25, -0.2) is 0 Å². The number of hydrogen-bond acceptors (Lipinski definition) is 3. The fourth-order valence-electron chi connectivity index (χ4n) is 0.582. The predicted molar refractivity (Wildman–Crippen MR) is 42.5 cm³/mol. The Morgan fingerprint density at radius 2 is 2.00 bits per heavy atom. The topological polar surface area (TPSA) is 38.5 Å². The van der Waals surface area contributed by atoms with Crippen molar-refractivity contribution in [1.29, 1.82) is 0 Å². The third-order valence-electron chi connectivity index (χ3n) is 1.64. The molecule has 0 amide bonds. The minimum Gasteiger partial charge on any atom is -0.326 e. The maximum Gasteiger partial charge on any atom is 0.0575 e. The van der Waals surface area contributed by atoms with Gasteiger partial charge in [0.1, 0.15) is 0 Å². The van der Waals surface area contributed by atoms with E-state index in [9.17, 15) is 0 Å². The number of hydrogen-bond donors (Lipinski definition) is 1. The Morgan fingerprint density at radius 3 is 2.30 bits per heavy atom. The van der Waals surface area contributed by atoms with Crippen LogP contribution < -0.4 is 5.73 Å². The molecule has 62 valence electrons. The third kappa shape index (κ3) is 3.82. The predicted octanol–water partition coefficient (Wildman–Crippen LogP) is 0.463. The zero-order chi connectivity index (χ0) is 8.15. The first kappa shape index (κ1) is 9.88. The lowest BCUT2D eigenvalue weighted by Gasteiger charge is -2.21. The minimum absolute atomic E-state index is 0.199. The van der Waals surface area contributed by atoms with Crippen molar-refractivity contribution in [2.24, 2.45) is 11.7 Å². The van der Waals surface area contributed by atoms with E-state index in [1.54, 1.807) is 12.2 Å². The van der Waals surface area contributed by atoms with Crippen LogP contribution in [-0.2, 0) is 4.84 Å². The zero-order valence-corrected chi connectivity index (χ0v) is 7.29. The van der Waals surface area contributed by atoms with Gasteiger partial charge >= 0.3 is 0 Å². The average molecular weight is 146 g/mol. The van der Waals surface area contributed by atoms with Crippen LogP contribution in [0.3, 0.4) is 0 Å². The molecular formula is C7H18N2O. The fraction of sp³-hybridized carbons (Fsp3) is 1.00. The van der Waals surface area contributed by atoms with Gasteiger partial charge in [0.2, 0.25) is 0 Å². The molecule has 2 N–H and O–H groups in total. The van der Waals surface area contributed by atoms with E-state index in [1.165, 1.54) is 0 Å². The van der Waals surface area contributed by atoms with Gasteiger partial charge in [0.15, 0.2) is 0 Å². The van der Waals surface area contributed by atoms with Gasteiger partial charge in [-0.05, 0) is 5.92 Å². The summed E-state index contributed by atoms with van der Waals surface area (Å²) in [6.07, 6.45) is 0. The summed E-state index contributed by atoms with van der Waals surface area (Å²) in [6, 6.07) is 0.199. The van der Waals surface area contributed by atoms with E-state index in [-0.39, 0.29) is 6.04 Å². The summed E-state index contributed by atoms with van der Waals surface area (Å²) in [5.74, 6) is 0.512. The Bertz CT molecular complexity index is 85.7. The second kappa shape index (κ2) is 4.66. The Morgan fingerprint density at radius 1 is 1.50 bits per heavy atom. The maximum absolute atomic E-state index is 5.77. The number of nitrogens with two attached hydrogens (primary N) is 1. The van der Waals surface area contributed by atoms with Crippen molar-refractivity contribution in [2.45, 2.75) is 19.9 Å². The van der Waals surface area contributed by atoms with E-state index >= 15 is 0 Å². The number of nitrogens with zero attached hydrogens (tertiary/aromatic N) is 1. The van der Waals surface area contributed by atoms with Crippen molar-refractivity contribution >= 4 is 0 Å². The van der Waals surface area contributed by atoms with Crippen LogP contribution in [0.5, 0.6) is 0 Å². The molecule has 0 fully saturated rings. The Hall–Kier alpha value is -0.120. The van der Waals surface area contributed by atoms with Crippen LogP contribution in [0.25, 0.3) is 0 Å². The van der Waals surface area contributed by atoms with Crippen molar-refractivity contribution in [3.8, 4) is 0 Å². The molecule has 0 rings (SSSR count). The number of likely N-dealkylation sites (N-methyl/N-ethyl adjacent to an activating group) is 1. The average Bonchev–Trinajstić information content (AvgIpc) is 1.87. The molecule has 0 aromatic heterocycles. The monoisotopic (exact) mass is 146 g/mol. The molecule has 0 aromatic rings. The molecule has 10 heavy (non-hydrogen) atoms. The quantitative estimate of drug-likeness (QED) is 0.586. The molecule has 0 saturated heterocycles. The van der Waals surface area contributed by atoms with E-state index in [0.29, 0.717) is 5.92 Å². The first-order valence-electron chi connectivity index (χ1n) is 3.58. The van der Waals surface area contributed by atoms with Gasteiger partial charge in [-0.15, -0.1) is 0 Å². The molecule has 0 aliphatic carbocycles. The smallest absolute Gasteiger partial charge is 0.0575 e. The highest BCUT2D eigenvalue weighted by atomic mass is 16.7. The van der Waals surface area contributed by atoms with Crippen molar-refractivity contribution < 1.29 is 4.84 Å². The van der Waals surface area contributed by atoms with Crippen LogP contribution in [0.1, 0.15) is 13.8 Å². The second-order valence-corrected chi connectivity index (χ2v) is 2.90. The second-order valence-electron chi connectivity index (χ2n) is 2.90. The van der Waals surface area contributed by atoms with Gasteiger partial charge in [0.05, 0.1) is 7.11 Å². The van der Waals surface area contributed by atoms with Crippen LogP contribution in [-0.4, -0.2) is 31.8 Å². The van der Waals surface area contributed by atoms with E-state index in [0.717, 1.165) is 6.54 Å². The SMILES string of the molecule is CON(C)C[C@H](N)C(C)C. The van der Waals surface area contributed by atoms with E-state index in [2.05, 4.69) is 13.8 Å². The van der Waals surface area contributed by atoms with E-state index in [4.69, 9.17) is 10.6 Å². The summed E-state index contributed by atoms with van der Waals surface area (Å²) >= 11 is 0. The molecule has 0 unspecified atom stereocenters. The summed E-state index contributed by atoms with van der Waals surface area (Å²) in [5, 5.41) is 1.74. The highest BCUT2D eigenvalue weighted by molar-refractivity contribution is 4.65. The molecule has 0 radical (unpaired) electrons. The van der Waals surface area contributed by atoms with Crippen molar-refractivity contribution in [2.75, 3.05) is 20.7 Å². The zero-order valence-electron chi connectivity index (χ0n) is 7.29. The Labute approximate surface area is 63.1 Å². The van der Waals surface area contributed by atoms with Gasteiger partial charge in [0.25, 0.3) is 0 Å². The molecular weight excluding hydrogens is 128 g/mol. The first-order chi connectivity index (χ1) is 4.57. The highest BCUT2D eigenvalue weighted by Crippen LogP contribution is 1.99. The van der Waals surface area contributed by atoms with Crippen LogP contribution in [0, 0.1) is 5.92 Å². The van der Waals surface area contributed by atoms with Crippen LogP contribution >= 0.6 is 0 Å². The first-order valence-corrected chi connectivity index (χ1v) is 3.58. The minimum atomic E-state index is 0.199. The lowest BCUT2D eigenvalue weighted by Crippen LogP contribution is -2.38. The Kier molecular flexibility index (Phi) is 4.60. The van der Waals surface area contributed by atoms with Gasteiger partial charge in [-0.3, -0.25) is 0 Å². The highest BCUT2D eigenvalue weighted by Gasteiger charge is 2.09. The van der Waals surface area contributed by atoms with Crippen LogP contribution in [0.4, 0.5) is 0 Å². The van der Waals surface area contributed by atoms with E-state index in [1.807, 2.05) is 7.05 Å². The molecule has 0 aliphatic heterocycles. The van der Waals surface area contributed by atoms with Crippen LogP contribution in [0.15, 0.2) is 0 Å². The van der Waals surface area contributed by atoms with Gasteiger partial charge < -0.3 is 10.6 Å². The summed E-state index contributed by atoms with van der Waals surface area (Å²) in [4.78, 5) is 4.92. The molecule has 3 nitrogen and oxygen atoms in total. The molecule has 1 atom stereocenters. The van der Waals surface area contributed by atoms with Gasteiger partial charge in [-0.2, -0.15) is 5.06 Å². The summed E-state index contributed by atoms with van der Waals surface area (Å²) in [7, 11) is 3.52. The lowest BCUT2D eigenvalue weighted by molar-refractivity contribution is -0.114. The molecule has 0 aliphatic rings. The van der Waals surface area contributed by atoms with Gasteiger partial charge in [-0.1, -0.05) is 13.8 Å². The molecule has 0 aromatic carbocycles. The summed E-state index contributed by atoms with van der Waals surface area (Å²) in [5.41, 5.74) is 5.77. The number of rotatable bonds is 4. The maximum atomic E-state index is 5.77. The summed E-state index contributed by atoms with van der Waals surface area (Å²) in [6.45, 7) is 5.00. The lowest BCUT2D eigenvalue weighted by atomic mass is 10.1. The Balaban J connectivity index is 3.46. The molecule has 0 bridgehead atoms. The van der Waals surface area contributed by atoms with Gasteiger partial charge in [0, 0.05) is 19.6 Å². The normalized spacial score (nSPS) is 14.7. The summed E-state index contributed by atoms with van der Waals surface area (Å²) < 4.78 is 0. The van der Waals surface area contributed by atoms with Crippen molar-refractivity contribution in [3.63, 3.8) is 0 Å². The molecule has 0 heterocycles. The van der Waals surface area contributed by atoms with Crippen LogP contribution in [0.2, 0.25) is 0 Å². The molecule has 0 spiro atoms. The van der Waals surface area contributed by atoms with Crippen molar-refractivity contribution in [1.82, 2.24) is 5.06 Å². The van der Waals surface area contributed by atoms with Crippen molar-refractivity contribution in [3.05, 3.63) is 0 Å². The molecule has 3 heteroatoms. The number of hydroxylamine groups is 2. The van der Waals surface area contributed by atoms with E-state index < -0.39 is 0 Å². The standard InChI is InChI=1S/C7H18N2O/c1-6(2)7(8)5-9(3)10-4/h6-7H,5,8H2,1-4H3/t7-/m0/s1. The molecule has 0 saturated carbocycles. The third-order valence-corrected chi connectivity index (χ3v) is 1.64. The fourth-order valence-corrected chi connectivity index (χ4v) is 0.582.